The van der Waals surface area contributed by atoms with Gasteiger partial charge in [-0.25, -0.2) is 0 Å². The summed E-state index contributed by atoms with van der Waals surface area (Å²) >= 11 is -0.146. The molecule has 0 aromatic rings. The van der Waals surface area contributed by atoms with Crippen LogP contribution in [0.15, 0.2) is 0 Å². The quantitative estimate of drug-likeness (QED) is 0.570. The molecule has 0 aliphatic rings. The molecule has 4 heteroatoms. The molecule has 14 heavy (non-hydrogen) atoms. The molecular weight excluding hydrogens is 235 g/mol. The Morgan fingerprint density at radius 3 is 1.79 bits per heavy atom. The average molecular weight is 260 g/mol. The Hall–Kier alpha value is 0.423. The molecule has 0 aromatic carbocycles. The Bertz CT molecular complexity index is 148. The molecule has 0 aliphatic carbocycles. The van der Waals surface area contributed by atoms with E-state index < -0.39 is 0 Å². The molecule has 84 valence electrons. The first-order valence-electron chi connectivity index (χ1n) is 5.32. The van der Waals surface area contributed by atoms with E-state index in [2.05, 4.69) is 61.7 Å². The van der Waals surface area contributed by atoms with Crippen molar-refractivity contribution in [2.75, 3.05) is 14.1 Å². The summed E-state index contributed by atoms with van der Waals surface area (Å²) in [5.74, 6) is 0. The molecule has 0 saturated heterocycles. The fourth-order valence-corrected chi connectivity index (χ4v) is 3.42. The van der Waals surface area contributed by atoms with Gasteiger partial charge in [0, 0.05) is 0 Å². The predicted molar refractivity (Wildman–Crippen MR) is 64.1 cm³/mol. The van der Waals surface area contributed by atoms with Gasteiger partial charge in [0.1, 0.15) is 0 Å². The zero-order valence-electron chi connectivity index (χ0n) is 10.6. The predicted octanol–water partition coefficient (Wildman–Crippen LogP) is 1.14. The van der Waals surface area contributed by atoms with E-state index >= 15 is 0 Å². The van der Waals surface area contributed by atoms with Crippen molar-refractivity contribution in [3.05, 3.63) is 0 Å². The van der Waals surface area contributed by atoms with Crippen molar-refractivity contribution in [2.24, 2.45) is 0 Å². The third-order valence-electron chi connectivity index (χ3n) is 1.86. The molecule has 1 unspecified atom stereocenters. The van der Waals surface area contributed by atoms with Gasteiger partial charge < -0.3 is 0 Å². The van der Waals surface area contributed by atoms with Crippen LogP contribution in [0.1, 0.15) is 34.6 Å². The van der Waals surface area contributed by atoms with E-state index in [1.54, 1.807) is 0 Å². The van der Waals surface area contributed by atoms with Gasteiger partial charge in [0.05, 0.1) is 0 Å². The molecule has 0 saturated carbocycles. The number of nitrogens with one attached hydrogen (secondary N) is 1. The zero-order chi connectivity index (χ0) is 11.3. The summed E-state index contributed by atoms with van der Waals surface area (Å²) in [6.07, 6.45) is 0.484. The summed E-state index contributed by atoms with van der Waals surface area (Å²) < 4.78 is 4.90. The monoisotopic (exact) mass is 261 g/mol. The number of hydrogen-bond acceptors (Lipinski definition) is 3. The van der Waals surface area contributed by atoms with E-state index in [1.165, 1.54) is 0 Å². The number of hydrogen-bond donors (Lipinski definition) is 1. The van der Waals surface area contributed by atoms with Crippen molar-refractivity contribution >= 4 is 15.9 Å². The molecule has 1 N–H and O–H groups in total. The number of nitrogens with zero attached hydrogens (tertiary/aromatic N) is 2. The third kappa shape index (κ3) is 6.01. The fraction of sp³-hybridized carbons (Fsp3) is 1.00. The van der Waals surface area contributed by atoms with Crippen molar-refractivity contribution in [1.82, 2.24) is 13.0 Å². The van der Waals surface area contributed by atoms with Crippen LogP contribution in [0.5, 0.6) is 0 Å². The second kappa shape index (κ2) is 6.82. The first kappa shape index (κ1) is 14.4. The first-order chi connectivity index (χ1) is 6.34. The minimum absolute atomic E-state index is 0.146. The molecule has 3 nitrogen and oxygen atoms in total. The number of rotatable bonds is 6. The summed E-state index contributed by atoms with van der Waals surface area (Å²) in [4.78, 5) is 0. The van der Waals surface area contributed by atoms with Gasteiger partial charge >= 0.3 is 95.9 Å². The Morgan fingerprint density at radius 2 is 1.50 bits per heavy atom. The SMILES string of the molecule is CC(C)NC(C)[N]([Ge][N](C)C)C(C)C. The standard InChI is InChI=1S/C10H25GeN3/c1-8(2)12-10(5)14(9(3)4)11-13(6)7/h8-10,12H,1-7H3. The van der Waals surface area contributed by atoms with Gasteiger partial charge in [-0.3, -0.25) is 0 Å². The molecule has 1 atom stereocenters. The second-order valence-corrected chi connectivity index (χ2v) is 7.87. The molecule has 2 radical (unpaired) electrons. The Balaban J connectivity index is 4.18. The van der Waals surface area contributed by atoms with Crippen molar-refractivity contribution in [3.63, 3.8) is 0 Å². The molecule has 0 heterocycles. The summed E-state index contributed by atoms with van der Waals surface area (Å²) in [5, 5.41) is 3.56. The zero-order valence-corrected chi connectivity index (χ0v) is 12.7. The van der Waals surface area contributed by atoms with Gasteiger partial charge in [0.2, 0.25) is 0 Å². The van der Waals surface area contributed by atoms with Crippen molar-refractivity contribution in [2.45, 2.75) is 52.9 Å². The van der Waals surface area contributed by atoms with Gasteiger partial charge in [-0.15, -0.1) is 0 Å². The Morgan fingerprint density at radius 1 is 1.00 bits per heavy atom. The van der Waals surface area contributed by atoms with Gasteiger partial charge in [-0.1, -0.05) is 0 Å². The van der Waals surface area contributed by atoms with Crippen molar-refractivity contribution in [1.29, 1.82) is 0 Å². The normalized spacial score (nSPS) is 14.8. The molecule has 0 bridgehead atoms. The maximum absolute atomic E-state index is 3.56. The molecule has 0 spiro atoms. The molecule has 0 amide bonds. The van der Waals surface area contributed by atoms with Crippen LogP contribution in [0.2, 0.25) is 0 Å². The summed E-state index contributed by atoms with van der Waals surface area (Å²) in [6, 6.07) is 1.18. The molecule has 0 aromatic heterocycles. The van der Waals surface area contributed by atoms with Crippen LogP contribution in [0.3, 0.4) is 0 Å². The molecular formula is C10H25GeN3. The van der Waals surface area contributed by atoms with E-state index in [9.17, 15) is 0 Å². The molecule has 0 rings (SSSR count). The van der Waals surface area contributed by atoms with Gasteiger partial charge in [-0.2, -0.15) is 0 Å². The van der Waals surface area contributed by atoms with Crippen LogP contribution in [0, 0.1) is 0 Å². The minimum atomic E-state index is -0.146. The molecule has 0 fully saturated rings. The Kier molecular flexibility index (Phi) is 7.03. The fourth-order valence-electron chi connectivity index (χ4n) is 1.44. The summed E-state index contributed by atoms with van der Waals surface area (Å²) in [7, 11) is 4.33. The van der Waals surface area contributed by atoms with E-state index in [0.717, 1.165) is 0 Å². The van der Waals surface area contributed by atoms with Gasteiger partial charge in [0.15, 0.2) is 0 Å². The van der Waals surface area contributed by atoms with E-state index in [4.69, 9.17) is 0 Å². The maximum atomic E-state index is 3.56. The van der Waals surface area contributed by atoms with Gasteiger partial charge in [-0.05, 0) is 0 Å². The van der Waals surface area contributed by atoms with Crippen LogP contribution in [-0.4, -0.2) is 55.9 Å². The summed E-state index contributed by atoms with van der Waals surface area (Å²) in [6.45, 7) is 11.2. The van der Waals surface area contributed by atoms with Crippen LogP contribution in [-0.2, 0) is 0 Å². The van der Waals surface area contributed by atoms with E-state index in [-0.39, 0.29) is 15.9 Å². The third-order valence-corrected chi connectivity index (χ3v) is 5.08. The second-order valence-electron chi connectivity index (χ2n) is 4.49. The topological polar surface area (TPSA) is 18.5 Å². The Labute approximate surface area is 96.1 Å². The van der Waals surface area contributed by atoms with Crippen LogP contribution in [0.25, 0.3) is 0 Å². The van der Waals surface area contributed by atoms with Crippen molar-refractivity contribution in [3.8, 4) is 0 Å². The van der Waals surface area contributed by atoms with Crippen molar-refractivity contribution < 1.29 is 0 Å². The van der Waals surface area contributed by atoms with E-state index in [1.807, 2.05) is 0 Å². The van der Waals surface area contributed by atoms with Gasteiger partial charge in [0.25, 0.3) is 0 Å². The summed E-state index contributed by atoms with van der Waals surface area (Å²) in [5.41, 5.74) is 0. The van der Waals surface area contributed by atoms with E-state index in [0.29, 0.717) is 18.2 Å². The average Bonchev–Trinajstić information content (AvgIpc) is 1.97. The van der Waals surface area contributed by atoms with Crippen LogP contribution >= 0.6 is 0 Å². The van der Waals surface area contributed by atoms with Crippen LogP contribution in [0.4, 0.5) is 0 Å². The molecule has 0 aliphatic heterocycles. The first-order valence-corrected chi connectivity index (χ1v) is 7.20. The van der Waals surface area contributed by atoms with Crippen LogP contribution < -0.4 is 5.32 Å².